The van der Waals surface area contributed by atoms with Crippen LogP contribution in [0.5, 0.6) is 0 Å². The lowest BCUT2D eigenvalue weighted by Crippen LogP contribution is -2.30. The summed E-state index contributed by atoms with van der Waals surface area (Å²) in [5.74, 6) is -2.14. The molecule has 136 valence electrons. The second kappa shape index (κ2) is 6.66. The maximum atomic E-state index is 14.4. The molecule has 0 saturated heterocycles. The summed E-state index contributed by atoms with van der Waals surface area (Å²) in [5.41, 5.74) is -0.0389. The maximum absolute atomic E-state index is 14.4. The first-order valence-corrected chi connectivity index (χ1v) is 9.80. The number of rotatable bonds is 3. The Labute approximate surface area is 161 Å². The molecule has 0 unspecified atom stereocenters. The van der Waals surface area contributed by atoms with E-state index in [1.165, 1.54) is 16.9 Å². The number of fused-ring (bicyclic) bond motifs is 1. The van der Waals surface area contributed by atoms with Gasteiger partial charge in [0.1, 0.15) is 11.0 Å². The quantitative estimate of drug-likeness (QED) is 0.635. The molecule has 1 aromatic carbocycles. The van der Waals surface area contributed by atoms with Crippen LogP contribution in [-0.4, -0.2) is 35.3 Å². The van der Waals surface area contributed by atoms with Crippen LogP contribution < -0.4 is 4.72 Å². The largest absolute Gasteiger partial charge is 0.268 e. The number of sulfonamides is 1. The third-order valence-electron chi connectivity index (χ3n) is 3.28. The van der Waals surface area contributed by atoms with Crippen molar-refractivity contribution >= 4 is 61.6 Å². The van der Waals surface area contributed by atoms with Crippen molar-refractivity contribution in [3.05, 3.63) is 51.1 Å². The molecular formula is C14H8Cl3FN4O3S. The standard InChI is InChI=1S/C14H8Cl3FN4O3S/c1-26(24,25)21-14(23)6-2-8(15)10(4-9(6)18)22-11-5-19-12(16)3-7(11)13(17)20-22/h2-5H,1H3,(H,21,23). The molecule has 0 atom stereocenters. The van der Waals surface area contributed by atoms with Crippen LogP contribution >= 0.6 is 34.8 Å². The third kappa shape index (κ3) is 3.61. The van der Waals surface area contributed by atoms with E-state index in [1.54, 1.807) is 4.72 Å². The van der Waals surface area contributed by atoms with E-state index in [2.05, 4.69) is 10.1 Å². The van der Waals surface area contributed by atoms with Crippen molar-refractivity contribution in [3.63, 3.8) is 0 Å². The molecule has 7 nitrogen and oxygen atoms in total. The molecule has 3 aromatic rings. The van der Waals surface area contributed by atoms with E-state index >= 15 is 0 Å². The number of carbonyl (C=O) groups is 1. The highest BCUT2D eigenvalue weighted by Gasteiger charge is 2.21. The van der Waals surface area contributed by atoms with Crippen molar-refractivity contribution in [2.75, 3.05) is 6.26 Å². The van der Waals surface area contributed by atoms with Crippen LogP contribution in [0.3, 0.4) is 0 Å². The molecule has 0 aliphatic heterocycles. The summed E-state index contributed by atoms with van der Waals surface area (Å²) in [6.45, 7) is 0. The van der Waals surface area contributed by atoms with Gasteiger partial charge in [-0.15, -0.1) is 0 Å². The van der Waals surface area contributed by atoms with E-state index in [-0.39, 0.29) is 21.0 Å². The fourth-order valence-corrected chi connectivity index (χ4v) is 3.31. The molecule has 0 fully saturated rings. The van der Waals surface area contributed by atoms with E-state index in [0.29, 0.717) is 10.9 Å². The van der Waals surface area contributed by atoms with Crippen molar-refractivity contribution in [3.8, 4) is 5.69 Å². The fraction of sp³-hybridized carbons (Fsp3) is 0.0714. The Morgan fingerprint density at radius 2 is 1.92 bits per heavy atom. The number of halogens is 4. The molecule has 2 aromatic heterocycles. The number of nitrogens with zero attached hydrogens (tertiary/aromatic N) is 3. The van der Waals surface area contributed by atoms with E-state index in [4.69, 9.17) is 34.8 Å². The molecule has 0 saturated carbocycles. The summed E-state index contributed by atoms with van der Waals surface area (Å²) in [6.07, 6.45) is 2.16. The third-order valence-corrected chi connectivity index (χ3v) is 4.62. The topological polar surface area (TPSA) is 94.0 Å². The van der Waals surface area contributed by atoms with Gasteiger partial charge in [-0.05, 0) is 12.1 Å². The Kier molecular flexibility index (Phi) is 4.82. The molecule has 0 radical (unpaired) electrons. The van der Waals surface area contributed by atoms with E-state index in [0.717, 1.165) is 18.4 Å². The van der Waals surface area contributed by atoms with E-state index in [1.807, 2.05) is 0 Å². The molecular weight excluding hydrogens is 430 g/mol. The number of benzene rings is 1. The number of hydrogen-bond acceptors (Lipinski definition) is 5. The molecule has 1 N–H and O–H groups in total. The number of aromatic nitrogens is 3. The first-order valence-electron chi connectivity index (χ1n) is 6.78. The molecule has 26 heavy (non-hydrogen) atoms. The average molecular weight is 438 g/mol. The van der Waals surface area contributed by atoms with Gasteiger partial charge in [-0.25, -0.2) is 27.2 Å². The average Bonchev–Trinajstić information content (AvgIpc) is 2.84. The maximum Gasteiger partial charge on any atom is 0.267 e. The molecule has 2 heterocycles. The zero-order valence-electron chi connectivity index (χ0n) is 12.8. The van der Waals surface area contributed by atoms with Gasteiger partial charge in [0.15, 0.2) is 5.15 Å². The van der Waals surface area contributed by atoms with Gasteiger partial charge in [-0.1, -0.05) is 34.8 Å². The van der Waals surface area contributed by atoms with Crippen molar-refractivity contribution in [1.29, 1.82) is 0 Å². The smallest absolute Gasteiger partial charge is 0.267 e. The molecule has 0 aliphatic carbocycles. The van der Waals surface area contributed by atoms with Gasteiger partial charge in [-0.2, -0.15) is 5.10 Å². The highest BCUT2D eigenvalue weighted by atomic mass is 35.5. The molecule has 1 amide bonds. The first-order chi connectivity index (χ1) is 12.1. The van der Waals surface area contributed by atoms with Crippen LogP contribution in [0, 0.1) is 5.82 Å². The number of pyridine rings is 1. The minimum atomic E-state index is -3.86. The molecule has 0 bridgehead atoms. The zero-order chi connectivity index (χ0) is 19.2. The number of amides is 1. The second-order valence-corrected chi connectivity index (χ2v) is 8.11. The highest BCUT2D eigenvalue weighted by molar-refractivity contribution is 7.89. The summed E-state index contributed by atoms with van der Waals surface area (Å²) < 4.78 is 39.6. The van der Waals surface area contributed by atoms with E-state index < -0.39 is 27.3 Å². The predicted molar refractivity (Wildman–Crippen MR) is 96.2 cm³/mol. The molecule has 0 aliphatic rings. The summed E-state index contributed by atoms with van der Waals surface area (Å²) in [5, 5.41) is 4.79. The molecule has 12 heteroatoms. The monoisotopic (exact) mass is 436 g/mol. The Morgan fingerprint density at radius 1 is 1.23 bits per heavy atom. The van der Waals surface area contributed by atoms with Crippen molar-refractivity contribution in [2.45, 2.75) is 0 Å². The Balaban J connectivity index is 2.14. The summed E-state index contributed by atoms with van der Waals surface area (Å²) in [6, 6.07) is 3.43. The van der Waals surface area contributed by atoms with Crippen LogP contribution in [0.4, 0.5) is 4.39 Å². The Morgan fingerprint density at radius 3 is 2.58 bits per heavy atom. The highest BCUT2D eigenvalue weighted by Crippen LogP contribution is 2.31. The van der Waals surface area contributed by atoms with Gasteiger partial charge in [0, 0.05) is 11.5 Å². The van der Waals surface area contributed by atoms with Gasteiger partial charge in [0.05, 0.1) is 34.2 Å². The Hall–Kier alpha value is -1.94. The molecule has 0 spiro atoms. The normalized spacial score (nSPS) is 11.7. The SMILES string of the molecule is CS(=O)(=O)NC(=O)c1cc(Cl)c(-n2nc(Cl)c3cc(Cl)ncc32)cc1F. The van der Waals surface area contributed by atoms with Crippen molar-refractivity contribution in [1.82, 2.24) is 19.5 Å². The van der Waals surface area contributed by atoms with Gasteiger partial charge in [0.2, 0.25) is 10.0 Å². The summed E-state index contributed by atoms with van der Waals surface area (Å²) in [7, 11) is -3.86. The Bertz CT molecular complexity index is 1160. The van der Waals surface area contributed by atoms with Crippen LogP contribution in [0.2, 0.25) is 15.3 Å². The van der Waals surface area contributed by atoms with Crippen LogP contribution in [0.15, 0.2) is 24.4 Å². The van der Waals surface area contributed by atoms with Crippen molar-refractivity contribution in [2.24, 2.45) is 0 Å². The van der Waals surface area contributed by atoms with E-state index in [9.17, 15) is 17.6 Å². The summed E-state index contributed by atoms with van der Waals surface area (Å²) in [4.78, 5) is 15.8. The van der Waals surface area contributed by atoms with Gasteiger partial charge in [0.25, 0.3) is 5.91 Å². The minimum absolute atomic E-state index is 0.0546. The van der Waals surface area contributed by atoms with Crippen LogP contribution in [-0.2, 0) is 10.0 Å². The lowest BCUT2D eigenvalue weighted by molar-refractivity contribution is 0.0978. The lowest BCUT2D eigenvalue weighted by Gasteiger charge is -2.10. The van der Waals surface area contributed by atoms with Gasteiger partial charge >= 0.3 is 0 Å². The first kappa shape index (κ1) is 18.8. The van der Waals surface area contributed by atoms with Crippen LogP contribution in [0.1, 0.15) is 10.4 Å². The van der Waals surface area contributed by atoms with Gasteiger partial charge < -0.3 is 0 Å². The lowest BCUT2D eigenvalue weighted by atomic mass is 10.2. The van der Waals surface area contributed by atoms with Crippen LogP contribution in [0.25, 0.3) is 16.6 Å². The summed E-state index contributed by atoms with van der Waals surface area (Å²) >= 11 is 18.0. The number of carbonyl (C=O) groups excluding carboxylic acids is 1. The number of nitrogens with one attached hydrogen (secondary N) is 1. The van der Waals surface area contributed by atoms with Crippen molar-refractivity contribution < 1.29 is 17.6 Å². The fourth-order valence-electron chi connectivity index (χ4n) is 2.23. The predicted octanol–water partition coefficient (Wildman–Crippen LogP) is 3.21. The minimum Gasteiger partial charge on any atom is -0.268 e. The second-order valence-electron chi connectivity index (χ2n) is 5.21. The zero-order valence-corrected chi connectivity index (χ0v) is 15.9. The number of hydrogen-bond donors (Lipinski definition) is 1. The van der Waals surface area contributed by atoms with Gasteiger partial charge in [-0.3, -0.25) is 4.79 Å². The molecule has 3 rings (SSSR count).